The summed E-state index contributed by atoms with van der Waals surface area (Å²) in [7, 11) is 0. The number of benzene rings is 1. The van der Waals surface area contributed by atoms with E-state index in [1.54, 1.807) is 0 Å². The number of amides is 1. The molecule has 1 N–H and O–H groups in total. The third kappa shape index (κ3) is 4.90. The highest BCUT2D eigenvalue weighted by Gasteiger charge is 2.32. The van der Waals surface area contributed by atoms with Gasteiger partial charge < -0.3 is 10.2 Å². The molecule has 0 atom stereocenters. The average Bonchev–Trinajstić information content (AvgIpc) is 3.07. The van der Waals surface area contributed by atoms with Crippen molar-refractivity contribution in [3.8, 4) is 0 Å². The van der Waals surface area contributed by atoms with Crippen molar-refractivity contribution in [3.05, 3.63) is 50.9 Å². The first-order valence-electron chi connectivity index (χ1n) is 10.9. The number of carbonyl (C=O) groups is 1. The van der Waals surface area contributed by atoms with Gasteiger partial charge in [0, 0.05) is 30.9 Å². The fourth-order valence-electron chi connectivity index (χ4n) is 4.09. The lowest BCUT2D eigenvalue weighted by Gasteiger charge is -2.31. The highest BCUT2D eigenvalue weighted by Crippen LogP contribution is 2.36. The van der Waals surface area contributed by atoms with Gasteiger partial charge in [-0.25, -0.2) is 4.98 Å². The van der Waals surface area contributed by atoms with Gasteiger partial charge in [0.1, 0.15) is 4.83 Å². The number of fused-ring (bicyclic) bond motifs is 1. The monoisotopic (exact) mass is 478 g/mol. The Morgan fingerprint density at radius 1 is 1.18 bits per heavy atom. The molecule has 176 valence electrons. The largest absolute Gasteiger partial charge is 0.416 e. The minimum atomic E-state index is -4.51. The fourth-order valence-corrected chi connectivity index (χ4v) is 5.07. The van der Waals surface area contributed by atoms with Crippen LogP contribution in [0.4, 0.5) is 24.5 Å². The quantitative estimate of drug-likeness (QED) is 0.553. The van der Waals surface area contributed by atoms with E-state index >= 15 is 0 Å². The van der Waals surface area contributed by atoms with Crippen LogP contribution in [0.1, 0.15) is 41.7 Å². The van der Waals surface area contributed by atoms with Gasteiger partial charge in [0.05, 0.1) is 28.7 Å². The molecule has 1 saturated heterocycles. The predicted octanol–water partition coefficient (Wildman–Crippen LogP) is 5.11. The molecule has 1 aliphatic rings. The number of hydrogen-bond donors (Lipinski definition) is 1. The highest BCUT2D eigenvalue weighted by atomic mass is 32.1. The predicted molar refractivity (Wildman–Crippen MR) is 124 cm³/mol. The Labute approximate surface area is 193 Å². The van der Waals surface area contributed by atoms with Gasteiger partial charge in [0.2, 0.25) is 5.91 Å². The Morgan fingerprint density at radius 2 is 1.91 bits per heavy atom. The van der Waals surface area contributed by atoms with Crippen LogP contribution >= 0.6 is 11.3 Å². The number of halogens is 3. The maximum absolute atomic E-state index is 13.3. The molecule has 6 nitrogen and oxygen atoms in total. The number of piperidine rings is 1. The Bertz CT molecular complexity index is 1240. The first-order valence-corrected chi connectivity index (χ1v) is 11.7. The number of nitrogens with zero attached hydrogens (tertiary/aromatic N) is 3. The van der Waals surface area contributed by atoms with Gasteiger partial charge in [0.15, 0.2) is 0 Å². The fraction of sp³-hybridized carbons (Fsp3) is 0.435. The van der Waals surface area contributed by atoms with Crippen molar-refractivity contribution >= 4 is 38.8 Å². The molecule has 0 bridgehead atoms. The smallest absolute Gasteiger partial charge is 0.370 e. The number of anilines is 2. The van der Waals surface area contributed by atoms with Crippen molar-refractivity contribution in [3.63, 3.8) is 0 Å². The molecular weight excluding hydrogens is 453 g/mol. The second-order valence-corrected chi connectivity index (χ2v) is 9.49. The van der Waals surface area contributed by atoms with Crippen LogP contribution < -0.4 is 15.8 Å². The Hall–Kier alpha value is -2.88. The van der Waals surface area contributed by atoms with Crippen LogP contribution in [0.15, 0.2) is 29.3 Å². The number of aromatic nitrogens is 2. The van der Waals surface area contributed by atoms with Gasteiger partial charge >= 0.3 is 6.18 Å². The summed E-state index contributed by atoms with van der Waals surface area (Å²) in [5.74, 6) is -0.460. The number of alkyl halides is 3. The molecule has 1 amide bonds. The molecule has 0 aliphatic carbocycles. The molecule has 3 heterocycles. The van der Waals surface area contributed by atoms with Gasteiger partial charge in [-0.1, -0.05) is 0 Å². The second kappa shape index (κ2) is 9.17. The zero-order chi connectivity index (χ0) is 23.8. The van der Waals surface area contributed by atoms with Crippen molar-refractivity contribution < 1.29 is 18.0 Å². The third-order valence-corrected chi connectivity index (χ3v) is 7.15. The van der Waals surface area contributed by atoms with Crippen LogP contribution in [0, 0.1) is 13.8 Å². The standard InChI is InChI=1S/C23H25F3N4O2S/c1-14-15(2)33-21-20(14)22(32)30(13-27-21)11-8-19(31)28-17-12-16(23(24,25)26)6-7-18(17)29-9-4-3-5-10-29/h6-7,12-13H,3-5,8-11H2,1-2H3,(H,28,31). The summed E-state index contributed by atoms with van der Waals surface area (Å²) < 4.78 is 41.2. The van der Waals surface area contributed by atoms with E-state index in [9.17, 15) is 22.8 Å². The van der Waals surface area contributed by atoms with E-state index in [4.69, 9.17) is 0 Å². The molecule has 1 fully saturated rings. The summed E-state index contributed by atoms with van der Waals surface area (Å²) in [4.78, 5) is 33.5. The topological polar surface area (TPSA) is 67.2 Å². The third-order valence-electron chi connectivity index (χ3n) is 6.03. The number of rotatable bonds is 5. The Kier molecular flexibility index (Phi) is 6.47. The van der Waals surface area contributed by atoms with Crippen LogP contribution in [0.2, 0.25) is 0 Å². The molecule has 3 aromatic rings. The molecule has 0 unspecified atom stereocenters. The van der Waals surface area contributed by atoms with E-state index in [-0.39, 0.29) is 24.2 Å². The molecule has 0 spiro atoms. The van der Waals surface area contributed by atoms with Crippen molar-refractivity contribution in [1.82, 2.24) is 9.55 Å². The number of hydrogen-bond acceptors (Lipinski definition) is 5. The van der Waals surface area contributed by atoms with Crippen LogP contribution in [0.3, 0.4) is 0 Å². The first-order chi connectivity index (χ1) is 15.6. The normalized spacial score (nSPS) is 14.6. The maximum atomic E-state index is 13.3. The summed E-state index contributed by atoms with van der Waals surface area (Å²) >= 11 is 1.45. The lowest BCUT2D eigenvalue weighted by atomic mass is 10.1. The van der Waals surface area contributed by atoms with Crippen LogP contribution in [-0.2, 0) is 17.5 Å². The number of aryl methyl sites for hydroxylation is 3. The zero-order valence-electron chi connectivity index (χ0n) is 18.5. The highest BCUT2D eigenvalue weighted by molar-refractivity contribution is 7.18. The van der Waals surface area contributed by atoms with Crippen molar-refractivity contribution in [1.29, 1.82) is 0 Å². The molecular formula is C23H25F3N4O2S. The van der Waals surface area contributed by atoms with Gasteiger partial charge in [-0.3, -0.25) is 14.2 Å². The van der Waals surface area contributed by atoms with Gasteiger partial charge in [0.25, 0.3) is 5.56 Å². The number of thiophene rings is 1. The number of carbonyl (C=O) groups excluding carboxylic acids is 1. The molecule has 10 heteroatoms. The lowest BCUT2D eigenvalue weighted by molar-refractivity contribution is -0.137. The molecule has 1 aliphatic heterocycles. The lowest BCUT2D eigenvalue weighted by Crippen LogP contribution is -2.31. The van der Waals surface area contributed by atoms with E-state index in [2.05, 4.69) is 10.3 Å². The molecule has 33 heavy (non-hydrogen) atoms. The second-order valence-electron chi connectivity index (χ2n) is 8.28. The Balaban J connectivity index is 1.54. The van der Waals surface area contributed by atoms with Gasteiger partial charge in [-0.05, 0) is 56.9 Å². The molecule has 4 rings (SSSR count). The average molecular weight is 479 g/mol. The SMILES string of the molecule is Cc1sc2ncn(CCC(=O)Nc3cc(C(F)(F)F)ccc3N3CCCCC3)c(=O)c2c1C. The molecule has 1 aromatic carbocycles. The number of nitrogens with one attached hydrogen (secondary N) is 1. The van der Waals surface area contributed by atoms with E-state index in [1.807, 2.05) is 18.7 Å². The van der Waals surface area contributed by atoms with Crippen LogP contribution in [-0.4, -0.2) is 28.5 Å². The van der Waals surface area contributed by atoms with Crippen molar-refractivity contribution in [2.24, 2.45) is 0 Å². The summed E-state index contributed by atoms with van der Waals surface area (Å²) in [5, 5.41) is 3.20. The van der Waals surface area contributed by atoms with Gasteiger partial charge in [-0.15, -0.1) is 11.3 Å². The first kappa shape index (κ1) is 23.3. The molecule has 0 radical (unpaired) electrons. The minimum Gasteiger partial charge on any atom is -0.370 e. The summed E-state index contributed by atoms with van der Waals surface area (Å²) in [6.45, 7) is 5.33. The van der Waals surface area contributed by atoms with E-state index in [0.717, 1.165) is 54.9 Å². The summed E-state index contributed by atoms with van der Waals surface area (Å²) in [5.41, 5.74) is 0.569. The minimum absolute atomic E-state index is 0.0645. The van der Waals surface area contributed by atoms with E-state index in [0.29, 0.717) is 15.9 Å². The van der Waals surface area contributed by atoms with Crippen LogP contribution in [0.25, 0.3) is 10.2 Å². The molecule has 0 saturated carbocycles. The van der Waals surface area contributed by atoms with Crippen molar-refractivity contribution in [2.45, 2.75) is 52.3 Å². The van der Waals surface area contributed by atoms with E-state index < -0.39 is 17.6 Å². The van der Waals surface area contributed by atoms with Crippen LogP contribution in [0.5, 0.6) is 0 Å². The van der Waals surface area contributed by atoms with E-state index in [1.165, 1.54) is 28.3 Å². The summed E-state index contributed by atoms with van der Waals surface area (Å²) in [6.07, 6.45) is -0.176. The van der Waals surface area contributed by atoms with Gasteiger partial charge in [-0.2, -0.15) is 13.2 Å². The summed E-state index contributed by atoms with van der Waals surface area (Å²) in [6, 6.07) is 3.46. The Morgan fingerprint density at radius 3 is 2.61 bits per heavy atom. The van der Waals surface area contributed by atoms with Crippen molar-refractivity contribution in [2.75, 3.05) is 23.3 Å². The maximum Gasteiger partial charge on any atom is 0.416 e. The zero-order valence-corrected chi connectivity index (χ0v) is 19.3. The molecule has 2 aromatic heterocycles.